The fourth-order valence-corrected chi connectivity index (χ4v) is 1.86. The zero-order valence-corrected chi connectivity index (χ0v) is 10.3. The summed E-state index contributed by atoms with van der Waals surface area (Å²) in [5.74, 6) is 0.706. The maximum atomic E-state index is 5.19. The first-order valence-electron chi connectivity index (χ1n) is 6.13. The average Bonchev–Trinajstić information content (AvgIpc) is 3.06. The second kappa shape index (κ2) is 4.46. The van der Waals surface area contributed by atoms with Crippen LogP contribution in [0.3, 0.4) is 0 Å². The quantitative estimate of drug-likeness (QED) is 0.704. The summed E-state index contributed by atoms with van der Waals surface area (Å²) in [5, 5.41) is 15.2. The molecular weight excluding hydrogens is 260 g/mol. The van der Waals surface area contributed by atoms with Gasteiger partial charge in [-0.05, 0) is 0 Å². The van der Waals surface area contributed by atoms with E-state index >= 15 is 0 Å². The lowest BCUT2D eigenvalue weighted by Crippen LogP contribution is -2.43. The third kappa shape index (κ3) is 1.84. The van der Waals surface area contributed by atoms with E-state index in [9.17, 15) is 0 Å². The van der Waals surface area contributed by atoms with Gasteiger partial charge in [0.05, 0.1) is 18.4 Å². The van der Waals surface area contributed by atoms with Crippen LogP contribution in [-0.4, -0.2) is 48.2 Å². The number of nitrogens with zero attached hydrogens (tertiary/aromatic N) is 7. The Hall–Kier alpha value is -2.68. The number of rotatable bonds is 3. The summed E-state index contributed by atoms with van der Waals surface area (Å²) < 4.78 is 6.99. The van der Waals surface area contributed by atoms with Crippen LogP contribution in [0.5, 0.6) is 0 Å². The van der Waals surface area contributed by atoms with Crippen molar-refractivity contribution in [3.05, 3.63) is 24.8 Å². The van der Waals surface area contributed by atoms with Gasteiger partial charge in [0.2, 0.25) is 5.82 Å². The van der Waals surface area contributed by atoms with Crippen molar-refractivity contribution in [3.63, 3.8) is 0 Å². The molecule has 100 valence electrons. The van der Waals surface area contributed by atoms with E-state index in [2.05, 4.69) is 35.7 Å². The van der Waals surface area contributed by atoms with E-state index in [4.69, 9.17) is 4.52 Å². The van der Waals surface area contributed by atoms with Gasteiger partial charge >= 0.3 is 0 Å². The molecular formula is C11H10N8O. The SMILES string of the molecule is c1cnc(-c2noc(-c3cn(C4CNC4)nn3)n2)cn1. The first-order chi connectivity index (χ1) is 9.90. The van der Waals surface area contributed by atoms with Crippen LogP contribution in [0.4, 0.5) is 0 Å². The fraction of sp³-hybridized carbons (Fsp3) is 0.273. The minimum absolute atomic E-state index is 0.323. The minimum atomic E-state index is 0.323. The van der Waals surface area contributed by atoms with Gasteiger partial charge < -0.3 is 9.84 Å². The molecule has 9 nitrogen and oxygen atoms in total. The molecule has 0 spiro atoms. The molecule has 3 aromatic rings. The Kier molecular flexibility index (Phi) is 2.49. The third-order valence-corrected chi connectivity index (χ3v) is 3.08. The molecule has 4 rings (SSSR count). The smallest absolute Gasteiger partial charge is 0.280 e. The zero-order valence-electron chi connectivity index (χ0n) is 10.3. The molecule has 0 amide bonds. The Balaban J connectivity index is 1.63. The van der Waals surface area contributed by atoms with Crippen molar-refractivity contribution in [3.8, 4) is 23.1 Å². The molecule has 1 fully saturated rings. The van der Waals surface area contributed by atoms with Crippen molar-refractivity contribution in [1.82, 2.24) is 40.4 Å². The normalized spacial score (nSPS) is 15.2. The fourth-order valence-electron chi connectivity index (χ4n) is 1.86. The van der Waals surface area contributed by atoms with Gasteiger partial charge in [-0.25, -0.2) is 9.67 Å². The minimum Gasteiger partial charge on any atom is -0.332 e. The first kappa shape index (κ1) is 11.2. The van der Waals surface area contributed by atoms with Gasteiger partial charge in [0, 0.05) is 25.5 Å². The molecule has 3 aromatic heterocycles. The molecule has 20 heavy (non-hydrogen) atoms. The molecule has 1 aliphatic rings. The van der Waals surface area contributed by atoms with Crippen LogP contribution in [0, 0.1) is 0 Å². The molecule has 0 aliphatic carbocycles. The number of hydrogen-bond acceptors (Lipinski definition) is 8. The van der Waals surface area contributed by atoms with E-state index in [1.165, 1.54) is 0 Å². The molecule has 4 heterocycles. The van der Waals surface area contributed by atoms with Gasteiger partial charge in [0.25, 0.3) is 5.89 Å². The third-order valence-electron chi connectivity index (χ3n) is 3.08. The van der Waals surface area contributed by atoms with Gasteiger partial charge in [0.15, 0.2) is 5.69 Å². The van der Waals surface area contributed by atoms with Crippen LogP contribution < -0.4 is 5.32 Å². The van der Waals surface area contributed by atoms with Crippen LogP contribution in [0.15, 0.2) is 29.3 Å². The highest BCUT2D eigenvalue weighted by atomic mass is 16.5. The van der Waals surface area contributed by atoms with E-state index in [1.54, 1.807) is 29.5 Å². The summed E-state index contributed by atoms with van der Waals surface area (Å²) in [4.78, 5) is 12.3. The van der Waals surface area contributed by atoms with Crippen LogP contribution in [0.25, 0.3) is 23.1 Å². The van der Waals surface area contributed by atoms with Gasteiger partial charge in [0.1, 0.15) is 5.69 Å². The standard InChI is InChI=1S/C11H10N8O/c1-2-14-8(5-12-1)10-15-11(20-17-10)9-6-19(18-16-9)7-3-13-4-7/h1-2,5-7,13H,3-4H2. The summed E-state index contributed by atoms with van der Waals surface area (Å²) in [6.45, 7) is 1.80. The monoisotopic (exact) mass is 270 g/mol. The topological polar surface area (TPSA) is 107 Å². The van der Waals surface area contributed by atoms with Gasteiger partial charge in [-0.15, -0.1) is 5.10 Å². The molecule has 0 atom stereocenters. The van der Waals surface area contributed by atoms with E-state index in [0.29, 0.717) is 29.1 Å². The molecule has 0 bridgehead atoms. The molecule has 1 N–H and O–H groups in total. The predicted octanol–water partition coefficient (Wildman–Crippen LogP) is -0.0706. The highest BCUT2D eigenvalue weighted by Gasteiger charge is 2.22. The van der Waals surface area contributed by atoms with Crippen LogP contribution >= 0.6 is 0 Å². The van der Waals surface area contributed by atoms with Gasteiger partial charge in [-0.3, -0.25) is 4.98 Å². The highest BCUT2D eigenvalue weighted by molar-refractivity contribution is 5.52. The van der Waals surface area contributed by atoms with Crippen molar-refractivity contribution < 1.29 is 4.52 Å². The number of aromatic nitrogens is 7. The Morgan fingerprint density at radius 2 is 2.20 bits per heavy atom. The van der Waals surface area contributed by atoms with Crippen molar-refractivity contribution in [2.24, 2.45) is 0 Å². The lowest BCUT2D eigenvalue weighted by Gasteiger charge is -2.26. The Morgan fingerprint density at radius 3 is 2.95 bits per heavy atom. The summed E-state index contributed by atoms with van der Waals surface area (Å²) in [6.07, 6.45) is 6.54. The maximum Gasteiger partial charge on any atom is 0.280 e. The van der Waals surface area contributed by atoms with Crippen molar-refractivity contribution in [1.29, 1.82) is 0 Å². The lowest BCUT2D eigenvalue weighted by atomic mass is 10.2. The van der Waals surface area contributed by atoms with E-state index < -0.39 is 0 Å². The largest absolute Gasteiger partial charge is 0.332 e. The summed E-state index contributed by atoms with van der Waals surface area (Å²) in [7, 11) is 0. The van der Waals surface area contributed by atoms with Gasteiger partial charge in [-0.2, -0.15) is 4.98 Å². The first-order valence-corrected chi connectivity index (χ1v) is 6.13. The lowest BCUT2D eigenvalue weighted by molar-refractivity contribution is 0.313. The van der Waals surface area contributed by atoms with Crippen LogP contribution in [0.1, 0.15) is 6.04 Å². The Bertz CT molecular complexity index is 717. The molecule has 1 saturated heterocycles. The predicted molar refractivity (Wildman–Crippen MR) is 66.2 cm³/mol. The molecule has 9 heteroatoms. The van der Waals surface area contributed by atoms with E-state index in [1.807, 2.05) is 0 Å². The maximum absolute atomic E-state index is 5.19. The second-order valence-corrected chi connectivity index (χ2v) is 4.41. The average molecular weight is 270 g/mol. The highest BCUT2D eigenvalue weighted by Crippen LogP contribution is 2.20. The Labute approximate surface area is 113 Å². The number of hydrogen-bond donors (Lipinski definition) is 1. The van der Waals surface area contributed by atoms with E-state index in [0.717, 1.165) is 13.1 Å². The second-order valence-electron chi connectivity index (χ2n) is 4.41. The van der Waals surface area contributed by atoms with Crippen molar-refractivity contribution in [2.75, 3.05) is 13.1 Å². The molecule has 0 saturated carbocycles. The zero-order chi connectivity index (χ0) is 13.4. The molecule has 1 aliphatic heterocycles. The van der Waals surface area contributed by atoms with E-state index in [-0.39, 0.29) is 0 Å². The summed E-state index contributed by atoms with van der Waals surface area (Å²) >= 11 is 0. The van der Waals surface area contributed by atoms with Crippen molar-refractivity contribution >= 4 is 0 Å². The van der Waals surface area contributed by atoms with Crippen molar-refractivity contribution in [2.45, 2.75) is 6.04 Å². The van der Waals surface area contributed by atoms with Crippen LogP contribution in [-0.2, 0) is 0 Å². The summed E-state index contributed by atoms with van der Waals surface area (Å²) in [6, 6.07) is 0.346. The molecule has 0 unspecified atom stereocenters. The van der Waals surface area contributed by atoms with Gasteiger partial charge in [-0.1, -0.05) is 10.4 Å². The Morgan fingerprint density at radius 1 is 1.25 bits per heavy atom. The molecule has 0 radical (unpaired) electrons. The summed E-state index contributed by atoms with van der Waals surface area (Å²) in [5.41, 5.74) is 1.11. The number of nitrogens with one attached hydrogen (secondary N) is 1. The van der Waals surface area contributed by atoms with Crippen LogP contribution in [0.2, 0.25) is 0 Å². The molecule has 0 aromatic carbocycles.